The summed E-state index contributed by atoms with van der Waals surface area (Å²) in [6, 6.07) is 19.8. The summed E-state index contributed by atoms with van der Waals surface area (Å²) in [5, 5.41) is 0. The molecule has 0 saturated heterocycles. The first-order chi connectivity index (χ1) is 12.7. The van der Waals surface area contributed by atoms with Crippen LogP contribution in [0.3, 0.4) is 0 Å². The minimum absolute atomic E-state index is 0.0729. The zero-order valence-corrected chi connectivity index (χ0v) is 15.2. The van der Waals surface area contributed by atoms with E-state index in [0.29, 0.717) is 6.42 Å². The van der Waals surface area contributed by atoms with Crippen LogP contribution < -0.4 is 0 Å². The number of Topliss-reactive ketones (excluding diaryl/α,β-unsaturated/α-hetero) is 2. The summed E-state index contributed by atoms with van der Waals surface area (Å²) in [6.07, 6.45) is 3.82. The zero-order chi connectivity index (χ0) is 18.1. The van der Waals surface area contributed by atoms with Crippen LogP contribution in [-0.4, -0.2) is 11.6 Å². The first-order valence-electron chi connectivity index (χ1n) is 9.55. The summed E-state index contributed by atoms with van der Waals surface area (Å²) in [4.78, 5) is 25.8. The van der Waals surface area contributed by atoms with E-state index in [9.17, 15) is 9.59 Å². The molecule has 0 radical (unpaired) electrons. The minimum atomic E-state index is -0.167. The van der Waals surface area contributed by atoms with Crippen molar-refractivity contribution in [2.24, 2.45) is 17.8 Å². The predicted octanol–water partition coefficient (Wildman–Crippen LogP) is 5.35. The highest BCUT2D eigenvalue weighted by molar-refractivity contribution is 6.01. The Morgan fingerprint density at radius 3 is 2.23 bits per heavy atom. The third-order valence-corrected chi connectivity index (χ3v) is 6.05. The lowest BCUT2D eigenvalue weighted by Crippen LogP contribution is -2.33. The highest BCUT2D eigenvalue weighted by Crippen LogP contribution is 2.51. The fourth-order valence-corrected chi connectivity index (χ4v) is 4.89. The van der Waals surface area contributed by atoms with Crippen molar-refractivity contribution >= 4 is 17.1 Å². The monoisotopic (exact) mass is 344 g/mol. The number of hydrogen-bond donors (Lipinski definition) is 0. The third kappa shape index (κ3) is 2.94. The van der Waals surface area contributed by atoms with Crippen LogP contribution in [0.4, 0.5) is 0 Å². The van der Waals surface area contributed by atoms with Crippen molar-refractivity contribution in [3.63, 3.8) is 0 Å². The zero-order valence-electron chi connectivity index (χ0n) is 15.2. The maximum absolute atomic E-state index is 13.2. The van der Waals surface area contributed by atoms with Gasteiger partial charge in [0, 0.05) is 17.4 Å². The first kappa shape index (κ1) is 17.0. The van der Waals surface area contributed by atoms with E-state index < -0.39 is 0 Å². The van der Waals surface area contributed by atoms with Gasteiger partial charge in [-0.3, -0.25) is 9.59 Å². The highest BCUT2D eigenvalue weighted by Gasteiger charge is 2.43. The van der Waals surface area contributed by atoms with Crippen molar-refractivity contribution in [1.82, 2.24) is 0 Å². The van der Waals surface area contributed by atoms with Crippen LogP contribution in [0.25, 0.3) is 5.57 Å². The Labute approximate surface area is 154 Å². The number of ketones is 2. The van der Waals surface area contributed by atoms with Gasteiger partial charge in [0.05, 0.1) is 0 Å². The molecule has 1 saturated carbocycles. The van der Waals surface area contributed by atoms with E-state index in [4.69, 9.17) is 0 Å². The second kappa shape index (κ2) is 7.03. The van der Waals surface area contributed by atoms with Crippen LogP contribution in [-0.2, 0) is 4.79 Å². The number of rotatable bonds is 4. The fourth-order valence-electron chi connectivity index (χ4n) is 4.89. The maximum atomic E-state index is 13.2. The van der Waals surface area contributed by atoms with Crippen molar-refractivity contribution in [3.05, 3.63) is 77.4 Å². The van der Waals surface area contributed by atoms with Crippen molar-refractivity contribution in [2.75, 3.05) is 0 Å². The molecule has 0 unspecified atom stereocenters. The van der Waals surface area contributed by atoms with Gasteiger partial charge in [0.1, 0.15) is 5.78 Å². The predicted molar refractivity (Wildman–Crippen MR) is 104 cm³/mol. The molecule has 0 amide bonds. The second-order valence-electron chi connectivity index (χ2n) is 7.54. The Morgan fingerprint density at radius 2 is 1.58 bits per heavy atom. The molecular formula is C24H24O2. The molecule has 2 heteroatoms. The van der Waals surface area contributed by atoms with Gasteiger partial charge in [-0.25, -0.2) is 0 Å². The van der Waals surface area contributed by atoms with Crippen molar-refractivity contribution in [2.45, 2.75) is 32.6 Å². The lowest BCUT2D eigenvalue weighted by Gasteiger charge is -2.36. The van der Waals surface area contributed by atoms with Crippen molar-refractivity contribution in [3.8, 4) is 0 Å². The molecule has 0 heterocycles. The molecule has 0 aliphatic heterocycles. The molecule has 2 nitrogen and oxygen atoms in total. The summed E-state index contributed by atoms with van der Waals surface area (Å²) in [6.45, 7) is 1.67. The van der Waals surface area contributed by atoms with E-state index >= 15 is 0 Å². The second-order valence-corrected chi connectivity index (χ2v) is 7.54. The van der Waals surface area contributed by atoms with Gasteiger partial charge in [-0.05, 0) is 49.7 Å². The van der Waals surface area contributed by atoms with Gasteiger partial charge in [-0.15, -0.1) is 0 Å². The topological polar surface area (TPSA) is 34.1 Å². The molecule has 0 bridgehead atoms. The number of allylic oxidation sites excluding steroid dienone is 2. The molecule has 0 N–H and O–H groups in total. The maximum Gasteiger partial charge on any atom is 0.166 e. The normalized spacial score (nSPS) is 25.0. The Balaban J connectivity index is 1.79. The van der Waals surface area contributed by atoms with Gasteiger partial charge in [0.2, 0.25) is 0 Å². The third-order valence-electron chi connectivity index (χ3n) is 6.05. The van der Waals surface area contributed by atoms with Crippen molar-refractivity contribution in [1.29, 1.82) is 0 Å². The fraction of sp³-hybridized carbons (Fsp3) is 0.333. The van der Waals surface area contributed by atoms with E-state index in [1.54, 1.807) is 6.92 Å². The number of benzene rings is 2. The minimum Gasteiger partial charge on any atom is -0.299 e. The lowest BCUT2D eigenvalue weighted by molar-refractivity contribution is -0.119. The summed E-state index contributed by atoms with van der Waals surface area (Å²) >= 11 is 0. The van der Waals surface area contributed by atoms with Crippen molar-refractivity contribution < 1.29 is 9.59 Å². The molecule has 26 heavy (non-hydrogen) atoms. The van der Waals surface area contributed by atoms with Crippen LogP contribution >= 0.6 is 0 Å². The Kier molecular flexibility index (Phi) is 4.58. The highest BCUT2D eigenvalue weighted by atomic mass is 16.1. The van der Waals surface area contributed by atoms with E-state index in [1.165, 1.54) is 11.1 Å². The Hall–Kier alpha value is -2.48. The standard InChI is InChI=1S/C24H24O2/c1-16(25)21-15-22(24(26)18-11-6-3-7-12-18)19-13-8-14-20(19)23(21)17-9-4-2-5-10-17/h2-7,9-12,19,21-22H,8,13-15H2,1H3/t19-,21-,22+/m0/s1. The van der Waals surface area contributed by atoms with E-state index in [0.717, 1.165) is 30.4 Å². The molecule has 3 atom stereocenters. The van der Waals surface area contributed by atoms with Crippen LogP contribution in [0.1, 0.15) is 48.5 Å². The van der Waals surface area contributed by atoms with Crippen LogP contribution in [0.15, 0.2) is 66.2 Å². The SMILES string of the molecule is CC(=O)[C@@H]1C[C@@H](C(=O)c2ccccc2)[C@H]2CCCC2=C1c1ccccc1. The number of hydrogen-bond acceptors (Lipinski definition) is 2. The summed E-state index contributed by atoms with van der Waals surface area (Å²) in [5.41, 5.74) is 4.49. The molecule has 2 aromatic carbocycles. The molecule has 4 rings (SSSR count). The van der Waals surface area contributed by atoms with Gasteiger partial charge in [0.25, 0.3) is 0 Å². The van der Waals surface area contributed by atoms with Gasteiger partial charge in [-0.1, -0.05) is 66.2 Å². The molecule has 0 aromatic heterocycles. The number of carbonyl (C=O) groups excluding carboxylic acids is 2. The summed E-state index contributed by atoms with van der Waals surface area (Å²) < 4.78 is 0. The Bertz CT molecular complexity index is 848. The summed E-state index contributed by atoms with van der Waals surface area (Å²) in [7, 11) is 0. The average molecular weight is 344 g/mol. The van der Waals surface area contributed by atoms with E-state index in [-0.39, 0.29) is 29.3 Å². The van der Waals surface area contributed by atoms with Gasteiger partial charge in [-0.2, -0.15) is 0 Å². The van der Waals surface area contributed by atoms with E-state index in [2.05, 4.69) is 12.1 Å². The van der Waals surface area contributed by atoms with E-state index in [1.807, 2.05) is 48.5 Å². The average Bonchev–Trinajstić information content (AvgIpc) is 3.17. The molecule has 0 spiro atoms. The smallest absolute Gasteiger partial charge is 0.166 e. The van der Waals surface area contributed by atoms with Crippen LogP contribution in [0.5, 0.6) is 0 Å². The van der Waals surface area contributed by atoms with Crippen LogP contribution in [0, 0.1) is 17.8 Å². The molecular weight excluding hydrogens is 320 g/mol. The summed E-state index contributed by atoms with van der Waals surface area (Å²) in [5.74, 6) is 0.421. The van der Waals surface area contributed by atoms with Crippen LogP contribution in [0.2, 0.25) is 0 Å². The quantitative estimate of drug-likeness (QED) is 0.701. The molecule has 2 aliphatic carbocycles. The Morgan fingerprint density at radius 1 is 0.923 bits per heavy atom. The first-order valence-corrected chi connectivity index (χ1v) is 9.55. The molecule has 1 fully saturated rings. The molecule has 2 aliphatic rings. The number of carbonyl (C=O) groups is 2. The molecule has 2 aromatic rings. The van der Waals surface area contributed by atoms with Gasteiger partial charge >= 0.3 is 0 Å². The molecule has 132 valence electrons. The van der Waals surface area contributed by atoms with Gasteiger partial charge < -0.3 is 0 Å². The van der Waals surface area contributed by atoms with Gasteiger partial charge in [0.15, 0.2) is 5.78 Å². The lowest BCUT2D eigenvalue weighted by atomic mass is 9.66. The largest absolute Gasteiger partial charge is 0.299 e. The number of fused-ring (bicyclic) bond motifs is 1.